The molecule has 0 aliphatic carbocycles. The zero-order valence-electron chi connectivity index (χ0n) is 12.8. The molecule has 0 aliphatic heterocycles. The van der Waals surface area contributed by atoms with Crippen LogP contribution in [0.2, 0.25) is 0 Å². The van der Waals surface area contributed by atoms with Gasteiger partial charge in [0, 0.05) is 6.04 Å². The lowest BCUT2D eigenvalue weighted by Crippen LogP contribution is -2.45. The van der Waals surface area contributed by atoms with Crippen molar-refractivity contribution in [3.8, 4) is 0 Å². The molecule has 0 spiro atoms. The van der Waals surface area contributed by atoms with Gasteiger partial charge in [0.2, 0.25) is 5.91 Å². The summed E-state index contributed by atoms with van der Waals surface area (Å²) in [6, 6.07) is 9.65. The van der Waals surface area contributed by atoms with Gasteiger partial charge in [-0.15, -0.1) is 0 Å². The minimum absolute atomic E-state index is 0.0446. The molecule has 3 N–H and O–H groups in total. The van der Waals surface area contributed by atoms with Crippen LogP contribution in [0.5, 0.6) is 0 Å². The Labute approximate surface area is 122 Å². The average Bonchev–Trinajstić information content (AvgIpc) is 2.44. The molecule has 3 nitrogen and oxygen atoms in total. The third kappa shape index (κ3) is 6.71. The zero-order valence-corrected chi connectivity index (χ0v) is 12.8. The maximum absolute atomic E-state index is 12.0. The van der Waals surface area contributed by atoms with Crippen LogP contribution in [0.25, 0.3) is 0 Å². The van der Waals surface area contributed by atoms with Crippen molar-refractivity contribution in [1.82, 2.24) is 5.32 Å². The molecule has 20 heavy (non-hydrogen) atoms. The predicted molar refractivity (Wildman–Crippen MR) is 84.5 cm³/mol. The molecule has 1 unspecified atom stereocenters. The summed E-state index contributed by atoms with van der Waals surface area (Å²) in [6.07, 6.45) is 6.55. The second kappa shape index (κ2) is 9.54. The number of carbonyl (C=O) groups is 1. The molecule has 1 rings (SSSR count). The van der Waals surface area contributed by atoms with Gasteiger partial charge in [-0.25, -0.2) is 0 Å². The largest absolute Gasteiger partial charge is 0.352 e. The van der Waals surface area contributed by atoms with Crippen molar-refractivity contribution in [2.75, 3.05) is 0 Å². The van der Waals surface area contributed by atoms with Crippen molar-refractivity contribution in [1.29, 1.82) is 0 Å². The molecule has 112 valence electrons. The van der Waals surface area contributed by atoms with Gasteiger partial charge in [0.25, 0.3) is 0 Å². The van der Waals surface area contributed by atoms with Gasteiger partial charge in [-0.3, -0.25) is 4.79 Å². The average molecular weight is 276 g/mol. The maximum Gasteiger partial charge on any atom is 0.237 e. The van der Waals surface area contributed by atoms with E-state index in [9.17, 15) is 4.79 Å². The fourth-order valence-electron chi connectivity index (χ4n) is 2.26. The Balaban J connectivity index is 2.27. The number of rotatable bonds is 9. The maximum atomic E-state index is 12.0. The van der Waals surface area contributed by atoms with Crippen LogP contribution in [0.3, 0.4) is 0 Å². The van der Waals surface area contributed by atoms with Crippen molar-refractivity contribution in [3.05, 3.63) is 35.9 Å². The van der Waals surface area contributed by atoms with Gasteiger partial charge in [-0.1, -0.05) is 62.9 Å². The van der Waals surface area contributed by atoms with Crippen LogP contribution < -0.4 is 11.1 Å². The molecule has 1 aromatic carbocycles. The molecular weight excluding hydrogens is 248 g/mol. The molecule has 0 bridgehead atoms. The zero-order chi connectivity index (χ0) is 14.8. The van der Waals surface area contributed by atoms with Crippen molar-refractivity contribution in [3.63, 3.8) is 0 Å². The van der Waals surface area contributed by atoms with Crippen LogP contribution >= 0.6 is 0 Å². The van der Waals surface area contributed by atoms with Gasteiger partial charge < -0.3 is 11.1 Å². The summed E-state index contributed by atoms with van der Waals surface area (Å²) in [6.45, 7) is 4.26. The second-order valence-electron chi connectivity index (χ2n) is 5.56. The van der Waals surface area contributed by atoms with Gasteiger partial charge in [0.1, 0.15) is 0 Å². The molecular formula is C17H28N2O. The molecule has 0 aromatic heterocycles. The van der Waals surface area contributed by atoms with Gasteiger partial charge in [-0.05, 0) is 25.3 Å². The van der Waals surface area contributed by atoms with E-state index >= 15 is 0 Å². The number of carbonyl (C=O) groups excluding carboxylic acids is 1. The third-order valence-electron chi connectivity index (χ3n) is 3.51. The number of amides is 1. The first kappa shape index (κ1) is 16.7. The highest BCUT2D eigenvalue weighted by atomic mass is 16.2. The molecule has 1 amide bonds. The fraction of sp³-hybridized carbons (Fsp3) is 0.588. The summed E-state index contributed by atoms with van der Waals surface area (Å²) in [5.74, 6) is -0.0446. The van der Waals surface area contributed by atoms with Crippen LogP contribution in [0.15, 0.2) is 30.3 Å². The number of hydrogen-bond acceptors (Lipinski definition) is 2. The number of benzene rings is 1. The Kier molecular flexibility index (Phi) is 7.97. The highest BCUT2D eigenvalue weighted by Gasteiger charge is 2.15. The minimum Gasteiger partial charge on any atom is -0.352 e. The molecule has 3 heteroatoms. The van der Waals surface area contributed by atoms with E-state index in [0.29, 0.717) is 6.42 Å². The van der Waals surface area contributed by atoms with E-state index in [1.54, 1.807) is 0 Å². The lowest BCUT2D eigenvalue weighted by atomic mass is 10.0. The molecule has 0 saturated carbocycles. The van der Waals surface area contributed by atoms with Crippen LogP contribution in [0, 0.1) is 0 Å². The third-order valence-corrected chi connectivity index (χ3v) is 3.51. The van der Waals surface area contributed by atoms with Gasteiger partial charge >= 0.3 is 0 Å². The van der Waals surface area contributed by atoms with E-state index in [0.717, 1.165) is 12.0 Å². The number of nitrogens with one attached hydrogen (secondary N) is 1. The SMILES string of the molecule is CCCCCCC(C)NC(=O)[C@H](N)Cc1ccccc1. The fourth-order valence-corrected chi connectivity index (χ4v) is 2.26. The Hall–Kier alpha value is -1.35. The summed E-state index contributed by atoms with van der Waals surface area (Å²) >= 11 is 0. The Morgan fingerprint density at radius 3 is 2.55 bits per heavy atom. The number of nitrogens with two attached hydrogens (primary N) is 1. The molecule has 1 aromatic rings. The Morgan fingerprint density at radius 2 is 1.90 bits per heavy atom. The van der Waals surface area contributed by atoms with E-state index in [-0.39, 0.29) is 11.9 Å². The van der Waals surface area contributed by atoms with Crippen LogP contribution in [0.1, 0.15) is 51.5 Å². The molecule has 0 fully saturated rings. The molecule has 0 aliphatic rings. The molecule has 2 atom stereocenters. The van der Waals surface area contributed by atoms with Crippen LogP contribution in [0.4, 0.5) is 0 Å². The Bertz CT molecular complexity index is 378. The van der Waals surface area contributed by atoms with Crippen LogP contribution in [-0.2, 0) is 11.2 Å². The molecule has 0 heterocycles. The summed E-state index contributed by atoms with van der Waals surface area (Å²) in [5, 5.41) is 3.01. The second-order valence-corrected chi connectivity index (χ2v) is 5.56. The predicted octanol–water partition coefficient (Wildman–Crippen LogP) is 3.03. The lowest BCUT2D eigenvalue weighted by Gasteiger charge is -2.17. The first-order chi connectivity index (χ1) is 9.63. The van der Waals surface area contributed by atoms with Crippen molar-refractivity contribution in [2.24, 2.45) is 5.73 Å². The van der Waals surface area contributed by atoms with Gasteiger partial charge in [0.15, 0.2) is 0 Å². The van der Waals surface area contributed by atoms with E-state index in [2.05, 4.69) is 19.2 Å². The van der Waals surface area contributed by atoms with E-state index in [1.807, 2.05) is 30.3 Å². The standard InChI is InChI=1S/C17H28N2O/c1-3-4-5-7-10-14(2)19-17(20)16(18)13-15-11-8-6-9-12-15/h6,8-9,11-12,14,16H,3-5,7,10,13,18H2,1-2H3,(H,19,20)/t14?,16-/m1/s1. The number of hydrogen-bond donors (Lipinski definition) is 2. The van der Waals surface area contributed by atoms with E-state index in [1.165, 1.54) is 25.7 Å². The topological polar surface area (TPSA) is 55.1 Å². The monoisotopic (exact) mass is 276 g/mol. The van der Waals surface area contributed by atoms with Crippen molar-refractivity contribution < 1.29 is 4.79 Å². The summed E-state index contributed by atoms with van der Waals surface area (Å²) in [4.78, 5) is 12.0. The normalized spacial score (nSPS) is 13.8. The highest BCUT2D eigenvalue weighted by Crippen LogP contribution is 2.06. The smallest absolute Gasteiger partial charge is 0.237 e. The summed E-state index contributed by atoms with van der Waals surface area (Å²) < 4.78 is 0. The van der Waals surface area contributed by atoms with Crippen molar-refractivity contribution >= 4 is 5.91 Å². The summed E-state index contributed by atoms with van der Waals surface area (Å²) in [5.41, 5.74) is 7.06. The number of unbranched alkanes of at least 4 members (excludes halogenated alkanes) is 3. The van der Waals surface area contributed by atoms with Gasteiger partial charge in [0.05, 0.1) is 6.04 Å². The summed E-state index contributed by atoms with van der Waals surface area (Å²) in [7, 11) is 0. The lowest BCUT2D eigenvalue weighted by molar-refractivity contribution is -0.123. The first-order valence-corrected chi connectivity index (χ1v) is 7.73. The van der Waals surface area contributed by atoms with E-state index < -0.39 is 6.04 Å². The van der Waals surface area contributed by atoms with Crippen LogP contribution in [-0.4, -0.2) is 18.0 Å². The molecule has 0 radical (unpaired) electrons. The minimum atomic E-state index is -0.463. The molecule has 0 saturated heterocycles. The van der Waals surface area contributed by atoms with Gasteiger partial charge in [-0.2, -0.15) is 0 Å². The quantitative estimate of drug-likeness (QED) is 0.681. The Morgan fingerprint density at radius 1 is 1.20 bits per heavy atom. The van der Waals surface area contributed by atoms with Crippen molar-refractivity contribution in [2.45, 2.75) is 64.5 Å². The first-order valence-electron chi connectivity index (χ1n) is 7.73. The highest BCUT2D eigenvalue weighted by molar-refractivity contribution is 5.82. The van der Waals surface area contributed by atoms with E-state index in [4.69, 9.17) is 5.73 Å².